The van der Waals surface area contributed by atoms with E-state index in [4.69, 9.17) is 10.4 Å². The second-order valence-corrected chi connectivity index (χ2v) is 4.69. The molecule has 0 saturated carbocycles. The average Bonchev–Trinajstić information content (AvgIpc) is 3.02. The van der Waals surface area contributed by atoms with Crippen molar-refractivity contribution < 1.29 is 10.4 Å². The highest BCUT2D eigenvalue weighted by atomic mass is 32.1. The first kappa shape index (κ1) is 12.2. The number of rotatable bonds is 3. The molecule has 0 unspecified atom stereocenters. The van der Waals surface area contributed by atoms with E-state index < -0.39 is 0 Å². The Morgan fingerprint density at radius 3 is 2.70 bits per heavy atom. The van der Waals surface area contributed by atoms with Crippen LogP contribution in [0.2, 0.25) is 0 Å². The quantitative estimate of drug-likeness (QED) is 0.431. The van der Waals surface area contributed by atoms with Crippen LogP contribution in [0.5, 0.6) is 0 Å². The van der Waals surface area contributed by atoms with E-state index in [0.717, 1.165) is 17.3 Å². The highest BCUT2D eigenvalue weighted by Gasteiger charge is 2.13. The van der Waals surface area contributed by atoms with Crippen molar-refractivity contribution in [1.29, 1.82) is 0 Å². The van der Waals surface area contributed by atoms with Crippen molar-refractivity contribution in [1.82, 2.24) is 19.8 Å². The molecule has 0 saturated heterocycles. The summed E-state index contributed by atoms with van der Waals surface area (Å²) in [6.45, 7) is 0. The minimum atomic E-state index is 0.332. The lowest BCUT2D eigenvalue weighted by molar-refractivity contribution is 0.321. The van der Waals surface area contributed by atoms with Gasteiger partial charge in [0, 0.05) is 11.1 Å². The Balaban J connectivity index is 2.15. The maximum atomic E-state index is 8.68. The number of nitrogens with zero attached hydrogens (tertiary/aromatic N) is 6. The lowest BCUT2D eigenvalue weighted by atomic mass is 10.1. The van der Waals surface area contributed by atoms with Gasteiger partial charge in [0.2, 0.25) is 10.8 Å². The molecule has 2 heterocycles. The predicted molar refractivity (Wildman–Crippen MR) is 72.9 cm³/mol. The van der Waals surface area contributed by atoms with Gasteiger partial charge in [-0.1, -0.05) is 45.9 Å². The summed E-state index contributed by atoms with van der Waals surface area (Å²) in [6, 6.07) is 7.38. The van der Waals surface area contributed by atoms with Crippen LogP contribution in [0, 0.1) is 0 Å². The summed E-state index contributed by atoms with van der Waals surface area (Å²) in [5.41, 5.74) is 1.55. The van der Waals surface area contributed by atoms with Crippen LogP contribution in [0.15, 0.2) is 34.6 Å². The Bertz CT molecular complexity index is 806. The van der Waals surface area contributed by atoms with Crippen LogP contribution >= 0.6 is 11.3 Å². The molecule has 0 amide bonds. The standard InChI is InChI=1S/C11H8N6O2S/c18-12-5-7-3-1-2-4-8(7)10-16-17-9(6-13-19)14-15-11(17)20-10/h1-6,18-19H/b12-5-,13-6-. The molecule has 0 aliphatic carbocycles. The maximum Gasteiger partial charge on any atom is 0.235 e. The van der Waals surface area contributed by atoms with Crippen molar-refractivity contribution in [3.05, 3.63) is 35.7 Å². The molecule has 8 nitrogen and oxygen atoms in total. The van der Waals surface area contributed by atoms with Gasteiger partial charge in [-0.05, 0) is 0 Å². The van der Waals surface area contributed by atoms with Crippen molar-refractivity contribution in [2.24, 2.45) is 10.3 Å². The summed E-state index contributed by atoms with van der Waals surface area (Å²) < 4.78 is 1.48. The van der Waals surface area contributed by atoms with Crippen molar-refractivity contribution in [3.63, 3.8) is 0 Å². The SMILES string of the molecule is O/N=C\c1ccccc1-c1nn2c(/C=N\O)nnc2s1. The molecule has 2 N–H and O–H groups in total. The van der Waals surface area contributed by atoms with E-state index >= 15 is 0 Å². The average molecular weight is 288 g/mol. The lowest BCUT2D eigenvalue weighted by Gasteiger charge is -1.99. The molecule has 2 aromatic heterocycles. The third-order valence-electron chi connectivity index (χ3n) is 2.58. The van der Waals surface area contributed by atoms with Crippen LogP contribution in [0.3, 0.4) is 0 Å². The molecule has 3 aromatic rings. The van der Waals surface area contributed by atoms with Crippen LogP contribution in [0.25, 0.3) is 15.5 Å². The molecule has 20 heavy (non-hydrogen) atoms. The normalized spacial score (nSPS) is 12.0. The van der Waals surface area contributed by atoms with Gasteiger partial charge in [-0.15, -0.1) is 10.2 Å². The van der Waals surface area contributed by atoms with Crippen LogP contribution in [-0.2, 0) is 0 Å². The summed E-state index contributed by atoms with van der Waals surface area (Å²) >= 11 is 1.33. The van der Waals surface area contributed by atoms with E-state index in [0.29, 0.717) is 15.8 Å². The van der Waals surface area contributed by atoms with Gasteiger partial charge in [0.05, 0.1) is 6.21 Å². The monoisotopic (exact) mass is 288 g/mol. The molecule has 3 rings (SSSR count). The first-order valence-electron chi connectivity index (χ1n) is 5.50. The highest BCUT2D eigenvalue weighted by Crippen LogP contribution is 2.27. The van der Waals surface area contributed by atoms with Crippen LogP contribution < -0.4 is 0 Å². The maximum absolute atomic E-state index is 8.68. The number of fused-ring (bicyclic) bond motifs is 1. The van der Waals surface area contributed by atoms with Gasteiger partial charge in [0.1, 0.15) is 11.2 Å². The molecule has 0 bridgehead atoms. The Kier molecular flexibility index (Phi) is 3.09. The fraction of sp³-hybridized carbons (Fsp3) is 0. The topological polar surface area (TPSA) is 108 Å². The molecule has 0 spiro atoms. The summed E-state index contributed by atoms with van der Waals surface area (Å²) in [5, 5.41) is 36.0. The molecule has 0 radical (unpaired) electrons. The zero-order valence-corrected chi connectivity index (χ0v) is 10.8. The van der Waals surface area contributed by atoms with Gasteiger partial charge in [-0.3, -0.25) is 0 Å². The van der Waals surface area contributed by atoms with Crippen molar-refractivity contribution in [2.75, 3.05) is 0 Å². The molecule has 9 heteroatoms. The van der Waals surface area contributed by atoms with Gasteiger partial charge in [-0.2, -0.15) is 9.61 Å². The van der Waals surface area contributed by atoms with Crippen molar-refractivity contribution in [2.45, 2.75) is 0 Å². The first-order chi connectivity index (χ1) is 9.83. The summed E-state index contributed by atoms with van der Waals surface area (Å²) in [5.74, 6) is 0.332. The van der Waals surface area contributed by atoms with E-state index in [1.165, 1.54) is 22.1 Å². The number of hydrogen-bond donors (Lipinski definition) is 2. The minimum Gasteiger partial charge on any atom is -0.411 e. The molecular formula is C11H8N6O2S. The first-order valence-corrected chi connectivity index (χ1v) is 6.31. The number of hydrogen-bond acceptors (Lipinski definition) is 8. The second kappa shape index (κ2) is 5.05. The molecule has 0 aliphatic rings. The highest BCUT2D eigenvalue weighted by molar-refractivity contribution is 7.19. The lowest BCUT2D eigenvalue weighted by Crippen LogP contribution is -1.95. The summed E-state index contributed by atoms with van der Waals surface area (Å²) in [7, 11) is 0. The van der Waals surface area contributed by atoms with Gasteiger partial charge < -0.3 is 10.4 Å². The fourth-order valence-corrected chi connectivity index (χ4v) is 2.63. The van der Waals surface area contributed by atoms with E-state index in [9.17, 15) is 0 Å². The molecule has 1 aromatic carbocycles. The Labute approximate surface area is 116 Å². The van der Waals surface area contributed by atoms with Gasteiger partial charge >= 0.3 is 0 Å². The summed E-state index contributed by atoms with van der Waals surface area (Å²) in [6.07, 6.45) is 2.50. The number of benzene rings is 1. The third-order valence-corrected chi connectivity index (χ3v) is 3.51. The third kappa shape index (κ3) is 1.99. The zero-order valence-electron chi connectivity index (χ0n) is 9.95. The molecule has 0 atom stereocenters. The molecule has 100 valence electrons. The van der Waals surface area contributed by atoms with Gasteiger partial charge in [0.15, 0.2) is 0 Å². The van der Waals surface area contributed by atoms with Crippen LogP contribution in [0.4, 0.5) is 0 Å². The molecule has 0 aliphatic heterocycles. The predicted octanol–water partition coefficient (Wildman–Crippen LogP) is 1.47. The molecule has 0 fully saturated rings. The zero-order chi connectivity index (χ0) is 13.9. The van der Waals surface area contributed by atoms with E-state index in [1.54, 1.807) is 0 Å². The van der Waals surface area contributed by atoms with Gasteiger partial charge in [0.25, 0.3) is 0 Å². The van der Waals surface area contributed by atoms with Crippen molar-refractivity contribution in [3.8, 4) is 10.6 Å². The van der Waals surface area contributed by atoms with E-state index in [1.807, 2.05) is 24.3 Å². The Morgan fingerprint density at radius 2 is 1.90 bits per heavy atom. The van der Waals surface area contributed by atoms with Crippen molar-refractivity contribution >= 4 is 28.7 Å². The van der Waals surface area contributed by atoms with Crippen LogP contribution in [-0.4, -0.2) is 42.7 Å². The van der Waals surface area contributed by atoms with Gasteiger partial charge in [-0.25, -0.2) is 0 Å². The van der Waals surface area contributed by atoms with E-state index in [-0.39, 0.29) is 0 Å². The largest absolute Gasteiger partial charge is 0.411 e. The number of aromatic nitrogens is 4. The minimum absolute atomic E-state index is 0.332. The summed E-state index contributed by atoms with van der Waals surface area (Å²) in [4.78, 5) is 0.575. The number of oxime groups is 2. The van der Waals surface area contributed by atoms with E-state index in [2.05, 4.69) is 25.6 Å². The molecular weight excluding hydrogens is 280 g/mol. The smallest absolute Gasteiger partial charge is 0.235 e. The Hall–Kier alpha value is -2.81. The van der Waals surface area contributed by atoms with Crippen LogP contribution in [0.1, 0.15) is 11.4 Å². The Morgan fingerprint density at radius 1 is 1.10 bits per heavy atom. The second-order valence-electron chi connectivity index (χ2n) is 3.74. The fourth-order valence-electron chi connectivity index (χ4n) is 1.74.